The van der Waals surface area contributed by atoms with Crippen molar-refractivity contribution in [2.75, 3.05) is 26.2 Å². The van der Waals surface area contributed by atoms with Gasteiger partial charge in [0.2, 0.25) is 5.91 Å². The predicted molar refractivity (Wildman–Crippen MR) is 110 cm³/mol. The zero-order chi connectivity index (χ0) is 21.0. The molecule has 0 unspecified atom stereocenters. The molecule has 29 heavy (non-hydrogen) atoms. The first-order valence-corrected chi connectivity index (χ1v) is 9.77. The van der Waals surface area contributed by atoms with Crippen LogP contribution in [0.15, 0.2) is 47.4 Å². The summed E-state index contributed by atoms with van der Waals surface area (Å²) in [4.78, 5) is 38.8. The highest BCUT2D eigenvalue weighted by Crippen LogP contribution is 2.16. The van der Waals surface area contributed by atoms with Crippen LogP contribution in [0.1, 0.15) is 30.9 Å². The summed E-state index contributed by atoms with van der Waals surface area (Å²) in [5, 5.41) is 10.9. The molecule has 0 radical (unpaired) electrons. The van der Waals surface area contributed by atoms with E-state index in [4.69, 9.17) is 0 Å². The van der Waals surface area contributed by atoms with Crippen LogP contribution in [0, 0.1) is 10.1 Å². The Hall–Kier alpha value is -3.00. The van der Waals surface area contributed by atoms with E-state index in [0.29, 0.717) is 19.0 Å². The van der Waals surface area contributed by atoms with Crippen LogP contribution in [0.4, 0.5) is 5.69 Å². The molecule has 0 saturated carbocycles. The number of benzene rings is 1. The molecule has 1 aliphatic rings. The number of hydrogen-bond acceptors (Lipinski definition) is 5. The molecule has 0 aliphatic carbocycles. The van der Waals surface area contributed by atoms with Crippen LogP contribution in [0.2, 0.25) is 0 Å². The third kappa shape index (κ3) is 5.29. The number of rotatable bonds is 6. The average Bonchev–Trinajstić information content (AvgIpc) is 2.70. The second-order valence-electron chi connectivity index (χ2n) is 7.66. The molecule has 154 valence electrons. The van der Waals surface area contributed by atoms with E-state index in [1.165, 1.54) is 11.1 Å². The van der Waals surface area contributed by atoms with Gasteiger partial charge in [0.25, 0.3) is 11.2 Å². The maximum absolute atomic E-state index is 12.5. The van der Waals surface area contributed by atoms with Crippen molar-refractivity contribution in [3.63, 3.8) is 0 Å². The van der Waals surface area contributed by atoms with Gasteiger partial charge in [-0.05, 0) is 17.0 Å². The van der Waals surface area contributed by atoms with Gasteiger partial charge in [-0.25, -0.2) is 0 Å². The van der Waals surface area contributed by atoms with Gasteiger partial charge in [-0.2, -0.15) is 0 Å². The van der Waals surface area contributed by atoms with E-state index in [9.17, 15) is 19.7 Å². The summed E-state index contributed by atoms with van der Waals surface area (Å²) in [6.07, 6.45) is 1.12. The first kappa shape index (κ1) is 20.7. The minimum Gasteiger partial charge on any atom is -0.339 e. The smallest absolute Gasteiger partial charge is 0.285 e. The number of amides is 1. The van der Waals surface area contributed by atoms with Crippen molar-refractivity contribution in [3.05, 3.63) is 74.2 Å². The van der Waals surface area contributed by atoms with Crippen molar-refractivity contribution < 1.29 is 9.72 Å². The van der Waals surface area contributed by atoms with Gasteiger partial charge in [0.05, 0.1) is 11.1 Å². The Kier molecular flexibility index (Phi) is 6.43. The summed E-state index contributed by atoms with van der Waals surface area (Å²) >= 11 is 0. The molecule has 0 atom stereocenters. The molecule has 1 aliphatic heterocycles. The van der Waals surface area contributed by atoms with E-state index in [2.05, 4.69) is 43.0 Å². The normalized spacial score (nSPS) is 14.9. The Labute approximate surface area is 169 Å². The fourth-order valence-electron chi connectivity index (χ4n) is 3.42. The lowest BCUT2D eigenvalue weighted by Gasteiger charge is -2.35. The summed E-state index contributed by atoms with van der Waals surface area (Å²) in [6.45, 7) is 7.66. The van der Waals surface area contributed by atoms with Crippen molar-refractivity contribution in [2.24, 2.45) is 0 Å². The zero-order valence-electron chi connectivity index (χ0n) is 16.8. The third-order valence-electron chi connectivity index (χ3n) is 5.26. The molecule has 1 aromatic carbocycles. The van der Waals surface area contributed by atoms with Gasteiger partial charge in [-0.3, -0.25) is 29.2 Å². The van der Waals surface area contributed by atoms with Crippen LogP contribution < -0.4 is 5.56 Å². The molecular formula is C21H26N4O4. The standard InChI is InChI=1S/C21H26N4O4/c1-16(2)18-5-3-17(4-6-18)13-22-9-11-23(12-10-22)21(27)15-24-14-19(25(28)29)7-8-20(24)26/h3-8,14,16H,9-13,15H2,1-2H3. The molecule has 0 spiro atoms. The Morgan fingerprint density at radius 1 is 1.07 bits per heavy atom. The number of carbonyl (C=O) groups is 1. The lowest BCUT2D eigenvalue weighted by atomic mass is 10.0. The van der Waals surface area contributed by atoms with Gasteiger partial charge in [-0.1, -0.05) is 38.1 Å². The minimum absolute atomic E-state index is 0.183. The third-order valence-corrected chi connectivity index (χ3v) is 5.26. The van der Waals surface area contributed by atoms with Gasteiger partial charge in [0.15, 0.2) is 0 Å². The molecule has 0 bridgehead atoms. The maximum Gasteiger partial charge on any atom is 0.285 e. The number of aromatic nitrogens is 1. The summed E-state index contributed by atoms with van der Waals surface area (Å²) in [7, 11) is 0. The van der Waals surface area contributed by atoms with Crippen molar-refractivity contribution in [2.45, 2.75) is 32.9 Å². The van der Waals surface area contributed by atoms with E-state index in [1.807, 2.05) is 0 Å². The highest BCUT2D eigenvalue weighted by molar-refractivity contribution is 5.76. The summed E-state index contributed by atoms with van der Waals surface area (Å²) in [6, 6.07) is 10.9. The van der Waals surface area contributed by atoms with E-state index in [1.54, 1.807) is 4.90 Å². The second kappa shape index (κ2) is 9.00. The fraction of sp³-hybridized carbons (Fsp3) is 0.429. The Morgan fingerprint density at radius 2 is 1.72 bits per heavy atom. The first-order valence-electron chi connectivity index (χ1n) is 9.77. The van der Waals surface area contributed by atoms with Crippen LogP contribution in [-0.2, 0) is 17.9 Å². The predicted octanol–water partition coefficient (Wildman–Crippen LogP) is 2.22. The van der Waals surface area contributed by atoms with E-state index < -0.39 is 10.5 Å². The number of nitrogens with zero attached hydrogens (tertiary/aromatic N) is 4. The fourth-order valence-corrected chi connectivity index (χ4v) is 3.42. The first-order chi connectivity index (χ1) is 13.8. The number of carbonyl (C=O) groups excluding carboxylic acids is 1. The van der Waals surface area contributed by atoms with Crippen molar-refractivity contribution in [1.29, 1.82) is 0 Å². The SMILES string of the molecule is CC(C)c1ccc(CN2CCN(C(=O)Cn3cc([N+](=O)[O-])ccc3=O)CC2)cc1. The minimum atomic E-state index is -0.577. The second-order valence-corrected chi connectivity index (χ2v) is 7.66. The molecule has 3 rings (SSSR count). The van der Waals surface area contributed by atoms with E-state index >= 15 is 0 Å². The highest BCUT2D eigenvalue weighted by Gasteiger charge is 2.22. The molecule has 1 amide bonds. The van der Waals surface area contributed by atoms with Gasteiger partial charge < -0.3 is 4.90 Å². The van der Waals surface area contributed by atoms with Crippen LogP contribution in [0.25, 0.3) is 0 Å². The molecule has 8 nitrogen and oxygen atoms in total. The number of piperazine rings is 1. The van der Waals surface area contributed by atoms with Gasteiger partial charge in [0.1, 0.15) is 6.54 Å². The van der Waals surface area contributed by atoms with Crippen molar-refractivity contribution >= 4 is 11.6 Å². The maximum atomic E-state index is 12.5. The van der Waals surface area contributed by atoms with E-state index in [-0.39, 0.29) is 18.1 Å². The van der Waals surface area contributed by atoms with E-state index in [0.717, 1.165) is 42.5 Å². The Balaban J connectivity index is 1.54. The monoisotopic (exact) mass is 398 g/mol. The Bertz CT molecular complexity index is 928. The average molecular weight is 398 g/mol. The molecule has 2 heterocycles. The lowest BCUT2D eigenvalue weighted by Crippen LogP contribution is -2.49. The summed E-state index contributed by atoms with van der Waals surface area (Å²) in [5.74, 6) is 0.311. The van der Waals surface area contributed by atoms with Gasteiger partial charge in [0, 0.05) is 44.9 Å². The van der Waals surface area contributed by atoms with Crippen molar-refractivity contribution in [3.8, 4) is 0 Å². The number of hydrogen-bond donors (Lipinski definition) is 0. The highest BCUT2D eigenvalue weighted by atomic mass is 16.6. The molecule has 1 fully saturated rings. The van der Waals surface area contributed by atoms with Crippen LogP contribution in [-0.4, -0.2) is 51.4 Å². The zero-order valence-corrected chi connectivity index (χ0v) is 16.8. The van der Waals surface area contributed by atoms with Crippen LogP contribution >= 0.6 is 0 Å². The number of nitro groups is 1. The van der Waals surface area contributed by atoms with Crippen molar-refractivity contribution in [1.82, 2.24) is 14.4 Å². The quantitative estimate of drug-likeness (QED) is 0.550. The number of pyridine rings is 1. The molecule has 2 aromatic rings. The van der Waals surface area contributed by atoms with Gasteiger partial charge in [-0.15, -0.1) is 0 Å². The van der Waals surface area contributed by atoms with Crippen LogP contribution in [0.5, 0.6) is 0 Å². The molecular weight excluding hydrogens is 372 g/mol. The van der Waals surface area contributed by atoms with Gasteiger partial charge >= 0.3 is 0 Å². The lowest BCUT2D eigenvalue weighted by molar-refractivity contribution is -0.385. The molecule has 0 N–H and O–H groups in total. The topological polar surface area (TPSA) is 88.7 Å². The van der Waals surface area contributed by atoms with Crippen LogP contribution in [0.3, 0.4) is 0 Å². The largest absolute Gasteiger partial charge is 0.339 e. The molecule has 1 aromatic heterocycles. The molecule has 8 heteroatoms. The molecule has 1 saturated heterocycles. The Morgan fingerprint density at radius 3 is 2.31 bits per heavy atom. The summed E-state index contributed by atoms with van der Waals surface area (Å²) in [5.41, 5.74) is 1.94. The summed E-state index contributed by atoms with van der Waals surface area (Å²) < 4.78 is 1.10.